The standard InChI is InChI=1S/C21H26N2O3/c1-2-24-18-7-4-3-6-17(18)21(23-12-5-10-22-11-13-23)16-8-9-19-20(14-16)26-15-25-19/h3-4,6-9,14,21-22H,2,5,10-13,15H2,1H3. The molecular weight excluding hydrogens is 328 g/mol. The fraction of sp³-hybridized carbons (Fsp3) is 0.429. The van der Waals surface area contributed by atoms with Gasteiger partial charge in [0.2, 0.25) is 6.79 Å². The summed E-state index contributed by atoms with van der Waals surface area (Å²) in [5.74, 6) is 2.60. The van der Waals surface area contributed by atoms with Gasteiger partial charge in [-0.15, -0.1) is 0 Å². The number of hydrogen-bond donors (Lipinski definition) is 1. The number of nitrogens with one attached hydrogen (secondary N) is 1. The molecule has 5 nitrogen and oxygen atoms in total. The Kier molecular flexibility index (Phi) is 5.27. The molecule has 0 saturated carbocycles. The first kappa shape index (κ1) is 17.2. The van der Waals surface area contributed by atoms with Crippen molar-refractivity contribution < 1.29 is 14.2 Å². The largest absolute Gasteiger partial charge is 0.494 e. The summed E-state index contributed by atoms with van der Waals surface area (Å²) in [6.45, 7) is 7.10. The maximum absolute atomic E-state index is 5.96. The summed E-state index contributed by atoms with van der Waals surface area (Å²) in [6.07, 6.45) is 1.14. The smallest absolute Gasteiger partial charge is 0.231 e. The average Bonchev–Trinajstić information content (AvgIpc) is 2.97. The van der Waals surface area contributed by atoms with Gasteiger partial charge in [0, 0.05) is 25.2 Å². The van der Waals surface area contributed by atoms with Crippen molar-refractivity contribution in [1.29, 1.82) is 0 Å². The van der Waals surface area contributed by atoms with Crippen molar-refractivity contribution in [2.24, 2.45) is 0 Å². The predicted molar refractivity (Wildman–Crippen MR) is 101 cm³/mol. The number of ether oxygens (including phenoxy) is 3. The van der Waals surface area contributed by atoms with Crippen molar-refractivity contribution in [3.63, 3.8) is 0 Å². The van der Waals surface area contributed by atoms with E-state index in [4.69, 9.17) is 14.2 Å². The van der Waals surface area contributed by atoms with Crippen LogP contribution < -0.4 is 19.5 Å². The molecule has 0 amide bonds. The molecule has 0 bridgehead atoms. The molecule has 1 fully saturated rings. The summed E-state index contributed by atoms with van der Waals surface area (Å²) in [6, 6.07) is 14.8. The zero-order valence-electron chi connectivity index (χ0n) is 15.2. The van der Waals surface area contributed by atoms with Crippen LogP contribution in [0.1, 0.15) is 30.5 Å². The number of para-hydroxylation sites is 1. The number of hydrogen-bond acceptors (Lipinski definition) is 5. The second kappa shape index (κ2) is 7.98. The Morgan fingerprint density at radius 2 is 1.96 bits per heavy atom. The Hall–Kier alpha value is -2.24. The normalized spacial score (nSPS) is 18.3. The molecule has 0 spiro atoms. The average molecular weight is 354 g/mol. The molecule has 2 aromatic carbocycles. The van der Waals surface area contributed by atoms with Crippen molar-refractivity contribution in [1.82, 2.24) is 10.2 Å². The van der Waals surface area contributed by atoms with E-state index in [1.807, 2.05) is 19.1 Å². The summed E-state index contributed by atoms with van der Waals surface area (Å²) in [5.41, 5.74) is 2.42. The van der Waals surface area contributed by atoms with Gasteiger partial charge < -0.3 is 19.5 Å². The number of benzene rings is 2. The lowest BCUT2D eigenvalue weighted by molar-refractivity contribution is 0.173. The molecular formula is C21H26N2O3. The summed E-state index contributed by atoms with van der Waals surface area (Å²) in [7, 11) is 0. The highest BCUT2D eigenvalue weighted by Gasteiger charge is 2.27. The van der Waals surface area contributed by atoms with Crippen molar-refractivity contribution in [2.75, 3.05) is 39.6 Å². The molecule has 4 rings (SSSR count). The van der Waals surface area contributed by atoms with Crippen molar-refractivity contribution in [2.45, 2.75) is 19.4 Å². The van der Waals surface area contributed by atoms with E-state index in [9.17, 15) is 0 Å². The van der Waals surface area contributed by atoms with E-state index in [2.05, 4.69) is 40.5 Å². The van der Waals surface area contributed by atoms with Crippen LogP contribution in [0.4, 0.5) is 0 Å². The van der Waals surface area contributed by atoms with E-state index in [1.54, 1.807) is 0 Å². The monoisotopic (exact) mass is 354 g/mol. The summed E-state index contributed by atoms with van der Waals surface area (Å²) < 4.78 is 17.1. The number of rotatable bonds is 5. The van der Waals surface area contributed by atoms with Gasteiger partial charge >= 0.3 is 0 Å². The van der Waals surface area contributed by atoms with E-state index in [0.717, 1.165) is 49.8 Å². The van der Waals surface area contributed by atoms with Crippen LogP contribution in [0.3, 0.4) is 0 Å². The van der Waals surface area contributed by atoms with Gasteiger partial charge in [-0.05, 0) is 43.7 Å². The van der Waals surface area contributed by atoms with Gasteiger partial charge in [0.25, 0.3) is 0 Å². The SMILES string of the molecule is CCOc1ccccc1C(c1ccc2c(c1)OCO2)N1CCCNCC1. The first-order valence-electron chi connectivity index (χ1n) is 9.43. The Morgan fingerprint density at radius 3 is 2.88 bits per heavy atom. The van der Waals surface area contributed by atoms with Crippen LogP contribution in [-0.4, -0.2) is 44.5 Å². The molecule has 1 N–H and O–H groups in total. The molecule has 0 aliphatic carbocycles. The Balaban J connectivity index is 1.77. The van der Waals surface area contributed by atoms with Gasteiger partial charge in [-0.3, -0.25) is 4.90 Å². The van der Waals surface area contributed by atoms with Gasteiger partial charge in [0.1, 0.15) is 5.75 Å². The molecule has 138 valence electrons. The highest BCUT2D eigenvalue weighted by atomic mass is 16.7. The number of nitrogens with zero attached hydrogens (tertiary/aromatic N) is 1. The summed E-state index contributed by atoms with van der Waals surface area (Å²) in [5, 5.41) is 3.50. The van der Waals surface area contributed by atoms with E-state index in [-0.39, 0.29) is 6.04 Å². The lowest BCUT2D eigenvalue weighted by atomic mass is 9.95. The van der Waals surface area contributed by atoms with Crippen LogP contribution in [0.5, 0.6) is 17.2 Å². The second-order valence-electron chi connectivity index (χ2n) is 6.63. The molecule has 1 unspecified atom stereocenters. The minimum atomic E-state index is 0.132. The molecule has 26 heavy (non-hydrogen) atoms. The zero-order chi connectivity index (χ0) is 17.8. The quantitative estimate of drug-likeness (QED) is 0.893. The highest BCUT2D eigenvalue weighted by molar-refractivity contribution is 5.49. The molecule has 1 saturated heterocycles. The fourth-order valence-corrected chi connectivity index (χ4v) is 3.79. The molecule has 5 heteroatoms. The van der Waals surface area contributed by atoms with Crippen molar-refractivity contribution in [3.8, 4) is 17.2 Å². The van der Waals surface area contributed by atoms with Crippen molar-refractivity contribution >= 4 is 0 Å². The third-order valence-corrected chi connectivity index (χ3v) is 4.97. The van der Waals surface area contributed by atoms with E-state index >= 15 is 0 Å². The van der Waals surface area contributed by atoms with Gasteiger partial charge in [-0.25, -0.2) is 0 Å². The maximum atomic E-state index is 5.96. The van der Waals surface area contributed by atoms with Crippen LogP contribution in [0, 0.1) is 0 Å². The maximum Gasteiger partial charge on any atom is 0.231 e. The second-order valence-corrected chi connectivity index (χ2v) is 6.63. The van der Waals surface area contributed by atoms with Gasteiger partial charge in [0.15, 0.2) is 11.5 Å². The third kappa shape index (κ3) is 3.50. The molecule has 2 heterocycles. The molecule has 2 aliphatic rings. The molecule has 2 aromatic rings. The highest BCUT2D eigenvalue weighted by Crippen LogP contribution is 2.40. The molecule has 2 aliphatic heterocycles. The first-order chi connectivity index (χ1) is 12.9. The Labute approximate surface area is 154 Å². The predicted octanol–water partition coefficient (Wildman–Crippen LogP) is 3.20. The van der Waals surface area contributed by atoms with E-state index in [1.165, 1.54) is 11.1 Å². The Morgan fingerprint density at radius 1 is 1.08 bits per heavy atom. The summed E-state index contributed by atoms with van der Waals surface area (Å²) in [4.78, 5) is 2.54. The molecule has 1 atom stereocenters. The van der Waals surface area contributed by atoms with E-state index in [0.29, 0.717) is 13.4 Å². The van der Waals surface area contributed by atoms with Crippen LogP contribution in [0.25, 0.3) is 0 Å². The molecule has 0 aromatic heterocycles. The first-order valence-corrected chi connectivity index (χ1v) is 9.43. The summed E-state index contributed by atoms with van der Waals surface area (Å²) >= 11 is 0. The topological polar surface area (TPSA) is 43.0 Å². The van der Waals surface area contributed by atoms with Crippen LogP contribution in [0.2, 0.25) is 0 Å². The van der Waals surface area contributed by atoms with Crippen LogP contribution >= 0.6 is 0 Å². The lowest BCUT2D eigenvalue weighted by Gasteiger charge is -2.32. The van der Waals surface area contributed by atoms with Crippen molar-refractivity contribution in [3.05, 3.63) is 53.6 Å². The minimum Gasteiger partial charge on any atom is -0.494 e. The van der Waals surface area contributed by atoms with Crippen LogP contribution in [0.15, 0.2) is 42.5 Å². The Bertz CT molecular complexity index is 742. The fourth-order valence-electron chi connectivity index (χ4n) is 3.79. The van der Waals surface area contributed by atoms with Gasteiger partial charge in [-0.1, -0.05) is 24.3 Å². The van der Waals surface area contributed by atoms with E-state index < -0.39 is 0 Å². The third-order valence-electron chi connectivity index (χ3n) is 4.97. The molecule has 0 radical (unpaired) electrons. The zero-order valence-corrected chi connectivity index (χ0v) is 15.2. The lowest BCUT2D eigenvalue weighted by Crippen LogP contribution is -2.33. The van der Waals surface area contributed by atoms with Gasteiger partial charge in [0.05, 0.1) is 12.6 Å². The van der Waals surface area contributed by atoms with Gasteiger partial charge in [-0.2, -0.15) is 0 Å². The minimum absolute atomic E-state index is 0.132. The van der Waals surface area contributed by atoms with Crippen LogP contribution in [-0.2, 0) is 0 Å². The number of fused-ring (bicyclic) bond motifs is 1.